The second kappa shape index (κ2) is 6.81. The molecule has 2 aliphatic heterocycles. The van der Waals surface area contributed by atoms with Crippen molar-refractivity contribution in [1.29, 1.82) is 0 Å². The molecule has 1 fully saturated rings. The number of hydrogen-bond donors (Lipinski definition) is 1. The van der Waals surface area contributed by atoms with Gasteiger partial charge in [0.25, 0.3) is 5.91 Å². The Balaban J connectivity index is 1.58. The van der Waals surface area contributed by atoms with E-state index in [-0.39, 0.29) is 12.1 Å². The second-order valence-corrected chi connectivity index (χ2v) is 7.58. The van der Waals surface area contributed by atoms with Gasteiger partial charge < -0.3 is 15.5 Å². The number of carbonyl (C=O) groups excluding carboxylic acids is 2. The molecule has 28 heavy (non-hydrogen) atoms. The Hall–Kier alpha value is -3.10. The fourth-order valence-electron chi connectivity index (χ4n) is 3.88. The van der Waals surface area contributed by atoms with Gasteiger partial charge in [-0.3, -0.25) is 14.4 Å². The zero-order valence-electron chi connectivity index (χ0n) is 16.4. The largest absolute Gasteiger partial charge is 0.364 e. The minimum atomic E-state index is -0.502. The summed E-state index contributed by atoms with van der Waals surface area (Å²) in [5.74, 6) is 0.305. The maximum absolute atomic E-state index is 12.1. The number of rotatable bonds is 4. The Morgan fingerprint density at radius 3 is 2.57 bits per heavy atom. The quantitative estimate of drug-likeness (QED) is 0.860. The van der Waals surface area contributed by atoms with Crippen LogP contribution < -0.4 is 15.5 Å². The van der Waals surface area contributed by atoms with Gasteiger partial charge in [-0.15, -0.1) is 0 Å². The van der Waals surface area contributed by atoms with Crippen LogP contribution in [0.15, 0.2) is 18.3 Å². The Morgan fingerprint density at radius 1 is 1.21 bits per heavy atom. The molecule has 0 unspecified atom stereocenters. The van der Waals surface area contributed by atoms with Crippen molar-refractivity contribution in [1.82, 2.24) is 19.7 Å². The lowest BCUT2D eigenvalue weighted by Crippen LogP contribution is -2.33. The molecule has 0 atom stereocenters. The van der Waals surface area contributed by atoms with E-state index >= 15 is 0 Å². The summed E-state index contributed by atoms with van der Waals surface area (Å²) >= 11 is 0. The minimum Gasteiger partial charge on any atom is -0.364 e. The number of hydrogen-bond acceptors (Lipinski definition) is 5. The summed E-state index contributed by atoms with van der Waals surface area (Å²) in [4.78, 5) is 34.1. The van der Waals surface area contributed by atoms with Crippen molar-refractivity contribution in [2.45, 2.75) is 32.9 Å². The van der Waals surface area contributed by atoms with Crippen molar-refractivity contribution >= 4 is 23.4 Å². The van der Waals surface area contributed by atoms with Crippen molar-refractivity contribution in [3.05, 3.63) is 35.3 Å². The van der Waals surface area contributed by atoms with Gasteiger partial charge in [0.15, 0.2) is 5.69 Å². The van der Waals surface area contributed by atoms with Gasteiger partial charge in [0.1, 0.15) is 5.82 Å². The third-order valence-electron chi connectivity index (χ3n) is 5.39. The van der Waals surface area contributed by atoms with Crippen LogP contribution in [0.3, 0.4) is 0 Å². The number of urea groups is 1. The summed E-state index contributed by atoms with van der Waals surface area (Å²) in [6.07, 6.45) is 2.50. The van der Waals surface area contributed by atoms with Crippen LogP contribution in [-0.4, -0.2) is 58.3 Å². The normalized spacial score (nSPS) is 16.9. The number of aromatic nitrogens is 3. The van der Waals surface area contributed by atoms with Crippen LogP contribution in [0.25, 0.3) is 0 Å². The van der Waals surface area contributed by atoms with E-state index < -0.39 is 5.91 Å². The van der Waals surface area contributed by atoms with E-state index in [4.69, 9.17) is 5.73 Å². The first-order valence-electron chi connectivity index (χ1n) is 9.50. The number of fused-ring (bicyclic) bond motifs is 1. The highest BCUT2D eigenvalue weighted by molar-refractivity contribution is 5.94. The van der Waals surface area contributed by atoms with Gasteiger partial charge in [0, 0.05) is 56.9 Å². The van der Waals surface area contributed by atoms with Crippen LogP contribution >= 0.6 is 0 Å². The predicted octanol–water partition coefficient (Wildman–Crippen LogP) is 1.39. The zero-order valence-corrected chi connectivity index (χ0v) is 16.4. The number of likely N-dealkylation sites (N-methyl/N-ethyl adjacent to an activating group) is 1. The molecule has 148 valence electrons. The van der Waals surface area contributed by atoms with E-state index in [1.165, 1.54) is 0 Å². The van der Waals surface area contributed by atoms with Crippen molar-refractivity contribution in [2.24, 2.45) is 5.73 Å². The first kappa shape index (κ1) is 18.3. The molecule has 1 saturated heterocycles. The molecule has 2 N–H and O–H groups in total. The van der Waals surface area contributed by atoms with Gasteiger partial charge in [-0.05, 0) is 26.0 Å². The van der Waals surface area contributed by atoms with E-state index in [2.05, 4.69) is 15.0 Å². The SMILES string of the molecule is CC(C)n1nc(C(N)=O)c2c1CCN(c1ccc(N3CCN(C)C3=O)cn1)C2. The van der Waals surface area contributed by atoms with E-state index in [1.807, 2.05) is 30.7 Å². The van der Waals surface area contributed by atoms with Crippen molar-refractivity contribution in [3.8, 4) is 0 Å². The van der Waals surface area contributed by atoms with Crippen molar-refractivity contribution in [3.63, 3.8) is 0 Å². The standard InChI is InChI=1S/C19H25N7O2/c1-12(2)26-15-6-7-24(11-14(15)17(22-26)18(20)27)16-5-4-13(10-21-16)25-9-8-23(3)19(25)28/h4-5,10,12H,6-9,11H2,1-3H3,(H2,20,27). The Morgan fingerprint density at radius 2 is 2.00 bits per heavy atom. The van der Waals surface area contributed by atoms with Gasteiger partial charge in [0.2, 0.25) is 0 Å². The highest BCUT2D eigenvalue weighted by atomic mass is 16.2. The number of nitrogens with two attached hydrogens (primary N) is 1. The maximum Gasteiger partial charge on any atom is 0.324 e. The molecule has 0 bridgehead atoms. The summed E-state index contributed by atoms with van der Waals surface area (Å²) in [6.45, 7) is 6.79. The van der Waals surface area contributed by atoms with E-state index in [0.29, 0.717) is 25.3 Å². The maximum atomic E-state index is 12.1. The van der Waals surface area contributed by atoms with E-state index in [0.717, 1.165) is 35.7 Å². The van der Waals surface area contributed by atoms with E-state index in [1.54, 1.807) is 23.0 Å². The number of anilines is 2. The topological polar surface area (TPSA) is 101 Å². The lowest BCUT2D eigenvalue weighted by atomic mass is 10.0. The van der Waals surface area contributed by atoms with Gasteiger partial charge in [-0.1, -0.05) is 0 Å². The first-order valence-corrected chi connectivity index (χ1v) is 9.50. The molecule has 0 aromatic carbocycles. The average molecular weight is 383 g/mol. The highest BCUT2D eigenvalue weighted by Gasteiger charge is 2.29. The number of nitrogens with zero attached hydrogens (tertiary/aromatic N) is 6. The summed E-state index contributed by atoms with van der Waals surface area (Å²) in [5, 5.41) is 4.45. The highest BCUT2D eigenvalue weighted by Crippen LogP contribution is 2.29. The van der Waals surface area contributed by atoms with Crippen LogP contribution in [0.5, 0.6) is 0 Å². The Kier molecular flexibility index (Phi) is 4.44. The van der Waals surface area contributed by atoms with E-state index in [9.17, 15) is 9.59 Å². The summed E-state index contributed by atoms with van der Waals surface area (Å²) in [5.41, 5.74) is 8.65. The molecule has 0 radical (unpaired) electrons. The number of primary amides is 1. The van der Waals surface area contributed by atoms with Crippen molar-refractivity contribution < 1.29 is 9.59 Å². The van der Waals surface area contributed by atoms with Gasteiger partial charge >= 0.3 is 6.03 Å². The lowest BCUT2D eigenvalue weighted by Gasteiger charge is -2.29. The molecule has 9 heteroatoms. The fraction of sp³-hybridized carbons (Fsp3) is 0.474. The number of carbonyl (C=O) groups is 2. The van der Waals surface area contributed by atoms with Gasteiger partial charge in [-0.25, -0.2) is 9.78 Å². The molecule has 0 saturated carbocycles. The monoisotopic (exact) mass is 383 g/mol. The van der Waals surface area contributed by atoms with Crippen LogP contribution in [0.4, 0.5) is 16.3 Å². The average Bonchev–Trinajstić information content (AvgIpc) is 3.22. The minimum absolute atomic E-state index is 0.00985. The third kappa shape index (κ3) is 2.96. The van der Waals surface area contributed by atoms with Crippen LogP contribution in [-0.2, 0) is 13.0 Å². The fourth-order valence-corrected chi connectivity index (χ4v) is 3.88. The molecule has 0 aliphatic carbocycles. The Labute approximate surface area is 163 Å². The molecule has 2 aromatic rings. The second-order valence-electron chi connectivity index (χ2n) is 7.58. The van der Waals surface area contributed by atoms with Gasteiger partial charge in [-0.2, -0.15) is 5.10 Å². The Bertz CT molecular complexity index is 919. The molecule has 2 aliphatic rings. The molecule has 2 aromatic heterocycles. The van der Waals surface area contributed by atoms with Crippen LogP contribution in [0.1, 0.15) is 41.6 Å². The van der Waals surface area contributed by atoms with Crippen LogP contribution in [0.2, 0.25) is 0 Å². The van der Waals surface area contributed by atoms with Crippen molar-refractivity contribution in [2.75, 3.05) is 36.5 Å². The molecular formula is C19H25N7O2. The number of pyridine rings is 1. The van der Waals surface area contributed by atoms with Gasteiger partial charge in [0.05, 0.1) is 11.9 Å². The number of amides is 3. The third-order valence-corrected chi connectivity index (χ3v) is 5.39. The molecular weight excluding hydrogens is 358 g/mol. The smallest absolute Gasteiger partial charge is 0.324 e. The summed E-state index contributed by atoms with van der Waals surface area (Å²) in [6, 6.07) is 4.00. The molecule has 4 heterocycles. The predicted molar refractivity (Wildman–Crippen MR) is 105 cm³/mol. The zero-order chi connectivity index (χ0) is 20.0. The summed E-state index contributed by atoms with van der Waals surface area (Å²) < 4.78 is 1.90. The molecule has 0 spiro atoms. The molecule has 9 nitrogen and oxygen atoms in total. The lowest BCUT2D eigenvalue weighted by molar-refractivity contribution is 0.0993. The van der Waals surface area contributed by atoms with Crippen LogP contribution in [0, 0.1) is 0 Å². The summed E-state index contributed by atoms with van der Waals surface area (Å²) in [7, 11) is 1.79. The molecule has 3 amide bonds. The first-order chi connectivity index (χ1) is 13.4. The molecule has 4 rings (SSSR count).